The summed E-state index contributed by atoms with van der Waals surface area (Å²) in [5.41, 5.74) is -0.102. The molecular weight excluding hydrogens is 418 g/mol. The zero-order valence-electron chi connectivity index (χ0n) is 16.7. The molecule has 0 aliphatic carbocycles. The van der Waals surface area contributed by atoms with Crippen molar-refractivity contribution in [2.75, 3.05) is 80.9 Å². The van der Waals surface area contributed by atoms with Crippen LogP contribution in [-0.2, 0) is 11.2 Å². The van der Waals surface area contributed by atoms with Gasteiger partial charge in [0, 0.05) is 40.3 Å². The molecule has 11 nitrogen and oxygen atoms in total. The monoisotopic (exact) mass is 443 g/mol. The van der Waals surface area contributed by atoms with Gasteiger partial charge in [-0.1, -0.05) is 11.2 Å². The summed E-state index contributed by atoms with van der Waals surface area (Å²) in [6, 6.07) is -0.0407. The normalized spacial score (nSPS) is 18.1. The molecular formula is C16H25N7O4S2. The number of hydrogen-bond donors (Lipinski definition) is 0. The van der Waals surface area contributed by atoms with Crippen LogP contribution in [0.5, 0.6) is 0 Å². The van der Waals surface area contributed by atoms with E-state index in [0.29, 0.717) is 61.7 Å². The summed E-state index contributed by atoms with van der Waals surface area (Å²) in [5.74, 6) is 1.65. The topological polar surface area (TPSA) is 122 Å². The minimum Gasteiger partial charge on any atom is -0.616 e. The van der Waals surface area contributed by atoms with Gasteiger partial charge in [0.1, 0.15) is 11.5 Å². The van der Waals surface area contributed by atoms with Gasteiger partial charge < -0.3 is 24.2 Å². The van der Waals surface area contributed by atoms with Crippen LogP contribution < -0.4 is 9.80 Å². The van der Waals surface area contributed by atoms with Crippen LogP contribution in [0, 0.1) is 10.1 Å². The van der Waals surface area contributed by atoms with Gasteiger partial charge in [-0.25, -0.2) is 4.79 Å². The first kappa shape index (κ1) is 21.7. The number of carbonyl (C=O) groups is 1. The molecule has 2 fully saturated rings. The maximum Gasteiger partial charge on any atom is 0.343 e. The Morgan fingerprint density at radius 2 is 1.72 bits per heavy atom. The van der Waals surface area contributed by atoms with Crippen molar-refractivity contribution in [1.29, 1.82) is 0 Å². The number of carbonyl (C=O) groups excluding carboxylic acids is 1. The lowest BCUT2D eigenvalue weighted by molar-refractivity contribution is -0.387. The van der Waals surface area contributed by atoms with Gasteiger partial charge in [-0.2, -0.15) is 9.97 Å². The Hall–Kier alpha value is -1.99. The van der Waals surface area contributed by atoms with E-state index in [1.165, 1.54) is 11.8 Å². The number of rotatable bonds is 4. The van der Waals surface area contributed by atoms with E-state index in [1.54, 1.807) is 30.2 Å². The maximum atomic E-state index is 12.1. The summed E-state index contributed by atoms with van der Waals surface area (Å²) in [5, 5.41) is 12.1. The molecule has 0 bridgehead atoms. The summed E-state index contributed by atoms with van der Waals surface area (Å²) < 4.78 is 11.7. The first-order chi connectivity index (χ1) is 13.8. The molecule has 0 N–H and O–H groups in total. The van der Waals surface area contributed by atoms with Crippen LogP contribution in [0.4, 0.5) is 22.2 Å². The largest absolute Gasteiger partial charge is 0.616 e. The zero-order chi connectivity index (χ0) is 21.1. The SMILES string of the molecule is CSc1nc(N2CCN(C(=O)N(C)C)CC2)nc(N2CC[S+]([O-])CC2)c1[N+](=O)[O-]. The van der Waals surface area contributed by atoms with Crippen molar-refractivity contribution in [2.45, 2.75) is 5.03 Å². The van der Waals surface area contributed by atoms with E-state index >= 15 is 0 Å². The van der Waals surface area contributed by atoms with Crippen LogP contribution in [0.15, 0.2) is 5.03 Å². The van der Waals surface area contributed by atoms with Crippen molar-refractivity contribution in [1.82, 2.24) is 19.8 Å². The predicted molar refractivity (Wildman–Crippen MR) is 113 cm³/mol. The molecule has 2 saturated heterocycles. The summed E-state index contributed by atoms with van der Waals surface area (Å²) in [6.07, 6.45) is 1.75. The highest BCUT2D eigenvalue weighted by Crippen LogP contribution is 2.36. The Balaban J connectivity index is 1.87. The highest BCUT2D eigenvalue weighted by molar-refractivity contribution is 7.98. The van der Waals surface area contributed by atoms with Crippen LogP contribution in [0.2, 0.25) is 0 Å². The molecule has 1 aromatic rings. The molecule has 0 spiro atoms. The van der Waals surface area contributed by atoms with E-state index in [4.69, 9.17) is 0 Å². The van der Waals surface area contributed by atoms with E-state index in [1.807, 2.05) is 9.80 Å². The summed E-state index contributed by atoms with van der Waals surface area (Å²) in [6.45, 7) is 3.09. The molecule has 2 aliphatic rings. The number of urea groups is 1. The average Bonchev–Trinajstić information content (AvgIpc) is 2.72. The molecule has 1 aromatic heterocycles. The zero-order valence-corrected chi connectivity index (χ0v) is 18.4. The molecule has 160 valence electrons. The highest BCUT2D eigenvalue weighted by Gasteiger charge is 2.33. The Bertz CT molecular complexity index is 766. The molecule has 0 aromatic carbocycles. The Morgan fingerprint density at radius 1 is 1.10 bits per heavy atom. The molecule has 0 unspecified atom stereocenters. The summed E-state index contributed by atoms with van der Waals surface area (Å²) >= 11 is 0.319. The number of hydrogen-bond acceptors (Lipinski definition) is 9. The van der Waals surface area contributed by atoms with E-state index in [9.17, 15) is 19.5 Å². The lowest BCUT2D eigenvalue weighted by atomic mass is 10.3. The van der Waals surface area contributed by atoms with Gasteiger partial charge in [-0.3, -0.25) is 10.1 Å². The first-order valence-corrected chi connectivity index (χ1v) is 11.9. The van der Waals surface area contributed by atoms with Crippen molar-refractivity contribution in [3.63, 3.8) is 0 Å². The van der Waals surface area contributed by atoms with Gasteiger partial charge >= 0.3 is 11.7 Å². The minimum absolute atomic E-state index is 0.0407. The van der Waals surface area contributed by atoms with E-state index in [0.717, 1.165) is 0 Å². The molecule has 0 atom stereocenters. The first-order valence-electron chi connectivity index (χ1n) is 9.23. The van der Waals surface area contributed by atoms with Crippen LogP contribution in [0.3, 0.4) is 0 Å². The Morgan fingerprint density at radius 3 is 2.24 bits per heavy atom. The fourth-order valence-electron chi connectivity index (χ4n) is 3.31. The lowest BCUT2D eigenvalue weighted by Crippen LogP contribution is -2.52. The van der Waals surface area contributed by atoms with Gasteiger partial charge in [0.25, 0.3) is 0 Å². The van der Waals surface area contributed by atoms with Gasteiger partial charge in [-0.05, 0) is 6.26 Å². The van der Waals surface area contributed by atoms with Crippen molar-refractivity contribution in [2.24, 2.45) is 0 Å². The Labute approximate surface area is 176 Å². The number of anilines is 2. The highest BCUT2D eigenvalue weighted by atomic mass is 32.2. The summed E-state index contributed by atoms with van der Waals surface area (Å²) in [4.78, 5) is 39.5. The second-order valence-corrected chi connectivity index (χ2v) is 9.44. The third-order valence-electron chi connectivity index (χ3n) is 4.89. The fraction of sp³-hybridized carbons (Fsp3) is 0.688. The average molecular weight is 444 g/mol. The molecule has 13 heteroatoms. The maximum absolute atomic E-state index is 12.1. The number of piperazine rings is 1. The van der Waals surface area contributed by atoms with Gasteiger partial charge in [-0.15, -0.1) is 11.8 Å². The van der Waals surface area contributed by atoms with E-state index < -0.39 is 16.1 Å². The smallest absolute Gasteiger partial charge is 0.343 e. The molecule has 0 radical (unpaired) electrons. The number of thioether (sulfide) groups is 1. The van der Waals surface area contributed by atoms with Crippen LogP contribution in [0.1, 0.15) is 0 Å². The molecule has 2 amide bonds. The van der Waals surface area contributed by atoms with Crippen molar-refractivity contribution in [3.8, 4) is 0 Å². The van der Waals surface area contributed by atoms with Crippen LogP contribution in [0.25, 0.3) is 0 Å². The fourth-order valence-corrected chi connectivity index (χ4v) is 4.89. The standard InChI is InChI=1S/C16H25N7O4S2/c1-19(2)16(24)22-6-4-21(5-7-22)15-17-13(20-8-10-29(27)11-9-20)12(23(25)26)14(18-15)28-3/h4-11H2,1-3H3. The molecule has 0 saturated carbocycles. The number of nitrogens with zero attached hydrogens (tertiary/aromatic N) is 7. The third kappa shape index (κ3) is 4.78. The second-order valence-electron chi connectivity index (χ2n) is 6.95. The minimum atomic E-state index is -0.893. The van der Waals surface area contributed by atoms with Crippen LogP contribution >= 0.6 is 11.8 Å². The predicted octanol–water partition coefficient (Wildman–Crippen LogP) is 0.479. The molecule has 29 heavy (non-hydrogen) atoms. The van der Waals surface area contributed by atoms with Gasteiger partial charge in [0.15, 0.2) is 5.03 Å². The molecule has 3 rings (SSSR count). The van der Waals surface area contributed by atoms with Crippen molar-refractivity contribution < 1.29 is 14.3 Å². The number of amides is 2. The number of aromatic nitrogens is 2. The van der Waals surface area contributed by atoms with Gasteiger partial charge in [0.05, 0.1) is 18.0 Å². The van der Waals surface area contributed by atoms with Crippen molar-refractivity contribution >= 4 is 46.4 Å². The molecule has 2 aliphatic heterocycles. The second kappa shape index (κ2) is 9.22. The van der Waals surface area contributed by atoms with Crippen LogP contribution in [-0.4, -0.2) is 106 Å². The number of nitro groups is 1. The quantitative estimate of drug-likeness (QED) is 0.215. The Kier molecular flexibility index (Phi) is 6.90. The van der Waals surface area contributed by atoms with E-state index in [-0.39, 0.29) is 17.5 Å². The summed E-state index contributed by atoms with van der Waals surface area (Å²) in [7, 11) is 3.44. The lowest BCUT2D eigenvalue weighted by Gasteiger charge is -2.36. The third-order valence-corrected chi connectivity index (χ3v) is 6.84. The van der Waals surface area contributed by atoms with E-state index in [2.05, 4.69) is 9.97 Å². The van der Waals surface area contributed by atoms with Gasteiger partial charge in [0.2, 0.25) is 11.8 Å². The van der Waals surface area contributed by atoms with Crippen molar-refractivity contribution in [3.05, 3.63) is 10.1 Å². The molecule has 3 heterocycles.